The van der Waals surface area contributed by atoms with Gasteiger partial charge >= 0.3 is 0 Å². The summed E-state index contributed by atoms with van der Waals surface area (Å²) in [4.78, 5) is 6.05. The van der Waals surface area contributed by atoms with E-state index in [4.69, 9.17) is 0 Å². The molecule has 0 spiro atoms. The normalized spacial score (nSPS) is 15.8. The van der Waals surface area contributed by atoms with Crippen molar-refractivity contribution in [1.82, 2.24) is 0 Å². The monoisotopic (exact) mass is 193 g/mol. The molecule has 0 amide bonds. The SMILES string of the molecule is CC(C)CC1=NCCc2ccsc21. The molecule has 0 saturated heterocycles. The molecule has 2 heteroatoms. The average Bonchev–Trinajstić information content (AvgIpc) is 2.51. The number of nitrogens with zero attached hydrogens (tertiary/aromatic N) is 1. The zero-order valence-corrected chi connectivity index (χ0v) is 9.03. The molecule has 1 nitrogen and oxygen atoms in total. The van der Waals surface area contributed by atoms with Gasteiger partial charge in [0.25, 0.3) is 0 Å². The first-order valence-corrected chi connectivity index (χ1v) is 5.75. The molecule has 0 radical (unpaired) electrons. The summed E-state index contributed by atoms with van der Waals surface area (Å²) < 4.78 is 0. The van der Waals surface area contributed by atoms with Crippen LogP contribution in [0.1, 0.15) is 30.7 Å². The number of hydrogen-bond acceptors (Lipinski definition) is 2. The number of fused-ring (bicyclic) bond motifs is 1. The average molecular weight is 193 g/mol. The highest BCUT2D eigenvalue weighted by Crippen LogP contribution is 2.24. The quantitative estimate of drug-likeness (QED) is 0.684. The molecule has 1 aromatic heterocycles. The van der Waals surface area contributed by atoms with Crippen molar-refractivity contribution < 1.29 is 0 Å². The Bertz CT molecular complexity index is 323. The second-order valence-electron chi connectivity index (χ2n) is 3.95. The predicted octanol–water partition coefficient (Wildman–Crippen LogP) is 3.14. The molecule has 2 heterocycles. The summed E-state index contributed by atoms with van der Waals surface area (Å²) in [5.74, 6) is 0.715. The van der Waals surface area contributed by atoms with E-state index in [0.717, 1.165) is 19.4 Å². The molecule has 0 bridgehead atoms. The van der Waals surface area contributed by atoms with Crippen LogP contribution in [-0.2, 0) is 6.42 Å². The van der Waals surface area contributed by atoms with E-state index in [-0.39, 0.29) is 0 Å². The van der Waals surface area contributed by atoms with Gasteiger partial charge < -0.3 is 0 Å². The van der Waals surface area contributed by atoms with Gasteiger partial charge in [-0.2, -0.15) is 0 Å². The van der Waals surface area contributed by atoms with Gasteiger partial charge in [0.15, 0.2) is 0 Å². The fraction of sp³-hybridized carbons (Fsp3) is 0.545. The summed E-state index contributed by atoms with van der Waals surface area (Å²) in [7, 11) is 0. The van der Waals surface area contributed by atoms with Crippen LogP contribution in [0.4, 0.5) is 0 Å². The van der Waals surface area contributed by atoms with Crippen LogP contribution >= 0.6 is 11.3 Å². The van der Waals surface area contributed by atoms with Crippen molar-refractivity contribution in [2.45, 2.75) is 26.7 Å². The first-order chi connectivity index (χ1) is 6.27. The van der Waals surface area contributed by atoms with E-state index in [1.54, 1.807) is 0 Å². The fourth-order valence-corrected chi connectivity index (χ4v) is 2.69. The molecule has 0 N–H and O–H groups in total. The number of thiophene rings is 1. The molecule has 1 aliphatic heterocycles. The third-order valence-electron chi connectivity index (χ3n) is 2.29. The van der Waals surface area contributed by atoms with Crippen LogP contribution in [0.15, 0.2) is 16.4 Å². The van der Waals surface area contributed by atoms with E-state index >= 15 is 0 Å². The third kappa shape index (κ3) is 1.83. The van der Waals surface area contributed by atoms with Crippen molar-refractivity contribution >= 4 is 17.0 Å². The standard InChI is InChI=1S/C11H15NS/c1-8(2)7-10-11-9(3-5-12-10)4-6-13-11/h4,6,8H,3,5,7H2,1-2H3. The second kappa shape index (κ2) is 3.62. The molecule has 1 aromatic rings. The molecule has 0 unspecified atom stereocenters. The zero-order valence-electron chi connectivity index (χ0n) is 8.21. The van der Waals surface area contributed by atoms with E-state index in [1.807, 2.05) is 11.3 Å². The van der Waals surface area contributed by atoms with Crippen LogP contribution in [0, 0.1) is 5.92 Å². The van der Waals surface area contributed by atoms with Crippen molar-refractivity contribution in [3.8, 4) is 0 Å². The molecule has 2 rings (SSSR count). The Labute approximate surface area is 83.5 Å². The Morgan fingerprint density at radius 1 is 1.54 bits per heavy atom. The first kappa shape index (κ1) is 8.95. The topological polar surface area (TPSA) is 12.4 Å². The maximum atomic E-state index is 4.61. The van der Waals surface area contributed by atoms with Crippen molar-refractivity contribution in [3.63, 3.8) is 0 Å². The lowest BCUT2D eigenvalue weighted by Gasteiger charge is -2.14. The van der Waals surface area contributed by atoms with Gasteiger partial charge in [0, 0.05) is 6.54 Å². The van der Waals surface area contributed by atoms with Crippen molar-refractivity contribution in [1.29, 1.82) is 0 Å². The van der Waals surface area contributed by atoms with Gasteiger partial charge in [0.05, 0.1) is 10.6 Å². The highest BCUT2D eigenvalue weighted by atomic mass is 32.1. The molecular formula is C11H15NS. The molecule has 70 valence electrons. The van der Waals surface area contributed by atoms with Gasteiger partial charge in [0.2, 0.25) is 0 Å². The number of hydrogen-bond donors (Lipinski definition) is 0. The summed E-state index contributed by atoms with van der Waals surface area (Å²) in [6, 6.07) is 2.25. The van der Waals surface area contributed by atoms with Gasteiger partial charge in [-0.3, -0.25) is 4.99 Å². The largest absolute Gasteiger partial charge is 0.288 e. The molecule has 1 aliphatic rings. The van der Waals surface area contributed by atoms with Crippen molar-refractivity contribution in [3.05, 3.63) is 21.9 Å². The molecule has 0 saturated carbocycles. The molecule has 0 aliphatic carbocycles. The second-order valence-corrected chi connectivity index (χ2v) is 4.87. The van der Waals surface area contributed by atoms with E-state index in [2.05, 4.69) is 30.3 Å². The Hall–Kier alpha value is -0.630. The van der Waals surface area contributed by atoms with Crippen LogP contribution in [0.2, 0.25) is 0 Å². The molecule has 0 atom stereocenters. The van der Waals surface area contributed by atoms with Gasteiger partial charge in [-0.1, -0.05) is 13.8 Å². The van der Waals surface area contributed by atoms with Crippen LogP contribution in [0.25, 0.3) is 0 Å². The van der Waals surface area contributed by atoms with Gasteiger partial charge in [-0.05, 0) is 35.8 Å². The first-order valence-electron chi connectivity index (χ1n) is 4.87. The van der Waals surface area contributed by atoms with Crippen LogP contribution in [0.5, 0.6) is 0 Å². The lowest BCUT2D eigenvalue weighted by molar-refractivity contribution is 0.680. The van der Waals surface area contributed by atoms with Gasteiger partial charge in [-0.25, -0.2) is 0 Å². The Morgan fingerprint density at radius 3 is 3.15 bits per heavy atom. The van der Waals surface area contributed by atoms with E-state index in [1.165, 1.54) is 16.2 Å². The summed E-state index contributed by atoms with van der Waals surface area (Å²) in [6.07, 6.45) is 2.27. The third-order valence-corrected chi connectivity index (χ3v) is 3.30. The van der Waals surface area contributed by atoms with E-state index in [0.29, 0.717) is 5.92 Å². The van der Waals surface area contributed by atoms with E-state index < -0.39 is 0 Å². The highest BCUT2D eigenvalue weighted by Gasteiger charge is 2.15. The zero-order chi connectivity index (χ0) is 9.26. The predicted molar refractivity (Wildman–Crippen MR) is 58.9 cm³/mol. The molecule has 13 heavy (non-hydrogen) atoms. The summed E-state index contributed by atoms with van der Waals surface area (Å²) >= 11 is 1.84. The summed E-state index contributed by atoms with van der Waals surface area (Å²) in [5.41, 5.74) is 2.85. The minimum absolute atomic E-state index is 0.715. The van der Waals surface area contributed by atoms with E-state index in [9.17, 15) is 0 Å². The van der Waals surface area contributed by atoms with Gasteiger partial charge in [-0.15, -0.1) is 11.3 Å². The summed E-state index contributed by atoms with van der Waals surface area (Å²) in [5, 5.41) is 2.19. The minimum atomic E-state index is 0.715. The minimum Gasteiger partial charge on any atom is -0.288 e. The number of rotatable bonds is 2. The Morgan fingerprint density at radius 2 is 2.38 bits per heavy atom. The number of aliphatic imine (C=N–C) groups is 1. The van der Waals surface area contributed by atoms with Crippen LogP contribution in [0.3, 0.4) is 0 Å². The molecule has 0 fully saturated rings. The lowest BCUT2D eigenvalue weighted by atomic mass is 10.0. The Kier molecular flexibility index (Phi) is 2.49. The van der Waals surface area contributed by atoms with Crippen molar-refractivity contribution in [2.24, 2.45) is 10.9 Å². The Balaban J connectivity index is 2.25. The maximum Gasteiger partial charge on any atom is 0.0525 e. The maximum absolute atomic E-state index is 4.61. The highest BCUT2D eigenvalue weighted by molar-refractivity contribution is 7.12. The van der Waals surface area contributed by atoms with Crippen LogP contribution in [-0.4, -0.2) is 12.3 Å². The lowest BCUT2D eigenvalue weighted by Crippen LogP contribution is -2.12. The fourth-order valence-electron chi connectivity index (χ4n) is 1.71. The molecular weight excluding hydrogens is 178 g/mol. The van der Waals surface area contributed by atoms with Crippen LogP contribution < -0.4 is 0 Å². The van der Waals surface area contributed by atoms with Crippen molar-refractivity contribution in [2.75, 3.05) is 6.54 Å². The smallest absolute Gasteiger partial charge is 0.0525 e. The summed E-state index contributed by atoms with van der Waals surface area (Å²) in [6.45, 7) is 5.50. The molecule has 0 aromatic carbocycles. The van der Waals surface area contributed by atoms with Gasteiger partial charge in [0.1, 0.15) is 0 Å².